The molecule has 1 aromatic heterocycles. The topological polar surface area (TPSA) is 51.2 Å². The predicted molar refractivity (Wildman–Crippen MR) is 83.3 cm³/mol. The fourth-order valence-electron chi connectivity index (χ4n) is 3.96. The Morgan fingerprint density at radius 2 is 2.33 bits per heavy atom. The predicted octanol–water partition coefficient (Wildman–Crippen LogP) is 2.93. The molecule has 0 saturated heterocycles. The van der Waals surface area contributed by atoms with Gasteiger partial charge in [-0.05, 0) is 32.6 Å². The zero-order valence-electron chi connectivity index (χ0n) is 12.6. The molecule has 2 fully saturated rings. The summed E-state index contributed by atoms with van der Waals surface area (Å²) in [7, 11) is 0. The second-order valence-electron chi connectivity index (χ2n) is 6.22. The fraction of sp³-hybridized carbons (Fsp3) is 0.750. The first kappa shape index (κ1) is 15.0. The van der Waals surface area contributed by atoms with E-state index in [0.29, 0.717) is 18.6 Å². The molecule has 1 aromatic rings. The van der Waals surface area contributed by atoms with Crippen molar-refractivity contribution in [2.75, 3.05) is 6.61 Å². The number of ether oxygens (including phenoxy) is 1. The number of carbonyl (C=O) groups is 1. The van der Waals surface area contributed by atoms with Crippen LogP contribution in [0.5, 0.6) is 0 Å². The lowest BCUT2D eigenvalue weighted by atomic mass is 9.60. The average Bonchev–Trinajstić information content (AvgIpc) is 3.16. The van der Waals surface area contributed by atoms with Gasteiger partial charge in [0.1, 0.15) is 0 Å². The molecule has 1 amide bonds. The number of nitrogens with zero attached hydrogens (tertiary/aromatic N) is 1. The van der Waals surface area contributed by atoms with Crippen molar-refractivity contribution < 1.29 is 9.53 Å². The molecule has 3 rings (SSSR count). The summed E-state index contributed by atoms with van der Waals surface area (Å²) in [6.45, 7) is 2.83. The fourth-order valence-corrected chi connectivity index (χ4v) is 4.55. The molecule has 2 saturated carbocycles. The van der Waals surface area contributed by atoms with Crippen LogP contribution in [0, 0.1) is 5.41 Å². The van der Waals surface area contributed by atoms with E-state index in [0.717, 1.165) is 25.1 Å². The summed E-state index contributed by atoms with van der Waals surface area (Å²) in [6, 6.07) is 0.319. The van der Waals surface area contributed by atoms with Crippen molar-refractivity contribution in [2.24, 2.45) is 5.41 Å². The van der Waals surface area contributed by atoms with E-state index < -0.39 is 0 Å². The third-order valence-electron chi connectivity index (χ3n) is 5.11. The highest BCUT2D eigenvalue weighted by Crippen LogP contribution is 2.54. The van der Waals surface area contributed by atoms with E-state index in [4.69, 9.17) is 4.74 Å². The van der Waals surface area contributed by atoms with E-state index in [1.165, 1.54) is 25.7 Å². The Balaban J connectivity index is 1.51. The molecule has 1 N–H and O–H groups in total. The summed E-state index contributed by atoms with van der Waals surface area (Å²) in [5.41, 5.74) is 3.07. The lowest BCUT2D eigenvalue weighted by Crippen LogP contribution is -2.63. The monoisotopic (exact) mass is 308 g/mol. The van der Waals surface area contributed by atoms with Crippen LogP contribution in [0.3, 0.4) is 0 Å². The first-order chi connectivity index (χ1) is 10.2. The van der Waals surface area contributed by atoms with Gasteiger partial charge < -0.3 is 10.1 Å². The van der Waals surface area contributed by atoms with E-state index in [9.17, 15) is 4.79 Å². The van der Waals surface area contributed by atoms with Gasteiger partial charge in [-0.3, -0.25) is 4.79 Å². The van der Waals surface area contributed by atoms with Gasteiger partial charge in [-0.2, -0.15) is 0 Å². The van der Waals surface area contributed by atoms with E-state index >= 15 is 0 Å². The number of nitrogens with one attached hydrogen (secondary N) is 1. The minimum absolute atomic E-state index is 0.161. The molecule has 116 valence electrons. The van der Waals surface area contributed by atoms with Crippen molar-refractivity contribution in [3.05, 3.63) is 16.6 Å². The minimum atomic E-state index is 0.161. The van der Waals surface area contributed by atoms with Crippen molar-refractivity contribution in [3.63, 3.8) is 0 Å². The summed E-state index contributed by atoms with van der Waals surface area (Å²) < 4.78 is 5.89. The van der Waals surface area contributed by atoms with Gasteiger partial charge in [0.25, 0.3) is 0 Å². The number of amides is 1. The lowest BCUT2D eigenvalue weighted by Gasteiger charge is -2.54. The van der Waals surface area contributed by atoms with Crippen LogP contribution >= 0.6 is 11.3 Å². The number of aromatic nitrogens is 1. The van der Waals surface area contributed by atoms with Gasteiger partial charge in [0.05, 0.1) is 17.3 Å². The molecule has 2 aliphatic carbocycles. The summed E-state index contributed by atoms with van der Waals surface area (Å²) in [6.07, 6.45) is 7.57. The average molecular weight is 308 g/mol. The maximum atomic E-state index is 12.2. The number of thiazole rings is 1. The van der Waals surface area contributed by atoms with E-state index in [1.807, 2.05) is 10.9 Å². The number of hydrogen-bond acceptors (Lipinski definition) is 4. The van der Waals surface area contributed by atoms with Gasteiger partial charge >= 0.3 is 0 Å². The van der Waals surface area contributed by atoms with Crippen LogP contribution in [-0.2, 0) is 16.0 Å². The Kier molecular flexibility index (Phi) is 4.60. The Labute approximate surface area is 130 Å². The van der Waals surface area contributed by atoms with Crippen LogP contribution in [0.1, 0.15) is 51.1 Å². The van der Waals surface area contributed by atoms with Crippen molar-refractivity contribution in [2.45, 2.75) is 64.0 Å². The molecule has 0 radical (unpaired) electrons. The van der Waals surface area contributed by atoms with Gasteiger partial charge in [0.15, 0.2) is 0 Å². The summed E-state index contributed by atoms with van der Waals surface area (Å²) in [5, 5.41) is 5.27. The van der Waals surface area contributed by atoms with Crippen molar-refractivity contribution in [1.29, 1.82) is 0 Å². The van der Waals surface area contributed by atoms with Crippen LogP contribution in [0.25, 0.3) is 0 Å². The van der Waals surface area contributed by atoms with Crippen LogP contribution < -0.4 is 5.32 Å². The molecule has 0 aliphatic heterocycles. The number of hydrogen-bond donors (Lipinski definition) is 1. The molecular weight excluding hydrogens is 284 g/mol. The van der Waals surface area contributed by atoms with Gasteiger partial charge in [0.2, 0.25) is 5.91 Å². The van der Waals surface area contributed by atoms with Crippen LogP contribution in [0.15, 0.2) is 10.9 Å². The molecular formula is C16H24N2O2S. The zero-order chi connectivity index (χ0) is 14.7. The van der Waals surface area contributed by atoms with Crippen molar-refractivity contribution in [1.82, 2.24) is 10.3 Å². The molecule has 2 unspecified atom stereocenters. The van der Waals surface area contributed by atoms with E-state index in [2.05, 4.69) is 17.2 Å². The number of aryl methyl sites for hydroxylation is 1. The normalized spacial score (nSPS) is 26.7. The molecule has 2 atom stereocenters. The highest BCUT2D eigenvalue weighted by molar-refractivity contribution is 7.07. The van der Waals surface area contributed by atoms with Gasteiger partial charge in [-0.1, -0.05) is 12.8 Å². The van der Waals surface area contributed by atoms with Crippen molar-refractivity contribution in [3.8, 4) is 0 Å². The van der Waals surface area contributed by atoms with E-state index in [-0.39, 0.29) is 11.3 Å². The van der Waals surface area contributed by atoms with Gasteiger partial charge in [-0.25, -0.2) is 4.98 Å². The summed E-state index contributed by atoms with van der Waals surface area (Å²) in [5.74, 6) is 0.161. The Hall–Kier alpha value is -0.940. The summed E-state index contributed by atoms with van der Waals surface area (Å²) in [4.78, 5) is 16.4. The standard InChI is InChI=1S/C16H24N2O2S/c1-2-20-14-9-13(16(14)7-3-4-8-16)18-15(19)6-5-12-10-21-11-17-12/h10-11,13-14H,2-9H2,1H3,(H,18,19). The maximum absolute atomic E-state index is 12.2. The molecule has 0 bridgehead atoms. The van der Waals surface area contributed by atoms with E-state index in [1.54, 1.807) is 11.3 Å². The van der Waals surface area contributed by atoms with Gasteiger partial charge in [-0.15, -0.1) is 11.3 Å². The highest BCUT2D eigenvalue weighted by atomic mass is 32.1. The second-order valence-corrected chi connectivity index (χ2v) is 6.94. The smallest absolute Gasteiger partial charge is 0.220 e. The third-order valence-corrected chi connectivity index (χ3v) is 5.75. The highest BCUT2D eigenvalue weighted by Gasteiger charge is 2.57. The minimum Gasteiger partial charge on any atom is -0.378 e. The molecule has 4 nitrogen and oxygen atoms in total. The molecule has 21 heavy (non-hydrogen) atoms. The Bertz CT molecular complexity index is 469. The first-order valence-corrected chi connectivity index (χ1v) is 8.97. The Morgan fingerprint density at radius 1 is 1.52 bits per heavy atom. The molecule has 1 heterocycles. The second kappa shape index (κ2) is 6.44. The number of rotatable bonds is 6. The largest absolute Gasteiger partial charge is 0.378 e. The summed E-state index contributed by atoms with van der Waals surface area (Å²) >= 11 is 1.58. The SMILES string of the molecule is CCOC1CC(NC(=O)CCc2cscn2)C12CCCC2. The Morgan fingerprint density at radius 3 is 3.00 bits per heavy atom. The molecule has 1 spiro atoms. The number of carbonyl (C=O) groups excluding carboxylic acids is 1. The molecule has 0 aromatic carbocycles. The zero-order valence-corrected chi connectivity index (χ0v) is 13.5. The quantitative estimate of drug-likeness (QED) is 0.879. The molecule has 5 heteroatoms. The van der Waals surface area contributed by atoms with Crippen LogP contribution in [-0.4, -0.2) is 29.6 Å². The van der Waals surface area contributed by atoms with Crippen LogP contribution in [0.4, 0.5) is 0 Å². The third kappa shape index (κ3) is 2.99. The molecule has 2 aliphatic rings. The van der Waals surface area contributed by atoms with Crippen LogP contribution in [0.2, 0.25) is 0 Å². The lowest BCUT2D eigenvalue weighted by molar-refractivity contribution is -0.144. The van der Waals surface area contributed by atoms with Crippen molar-refractivity contribution >= 4 is 17.2 Å². The van der Waals surface area contributed by atoms with Gasteiger partial charge in [0, 0.05) is 29.9 Å². The maximum Gasteiger partial charge on any atom is 0.220 e. The first-order valence-electron chi connectivity index (χ1n) is 8.02.